The molecule has 3 amide bonds. The monoisotopic (exact) mass is 447 g/mol. The van der Waals surface area contributed by atoms with Crippen LogP contribution in [0, 0.1) is 0 Å². The molecule has 3 aromatic carbocycles. The van der Waals surface area contributed by atoms with Crippen LogP contribution in [-0.4, -0.2) is 38.0 Å². The van der Waals surface area contributed by atoms with E-state index in [4.69, 9.17) is 9.47 Å². The summed E-state index contributed by atoms with van der Waals surface area (Å²) < 4.78 is 10.4. The number of benzene rings is 3. The molecule has 0 saturated heterocycles. The predicted molar refractivity (Wildman–Crippen MR) is 124 cm³/mol. The topological polar surface area (TPSA) is 97.0 Å². The highest BCUT2D eigenvalue weighted by molar-refractivity contribution is 6.01. The van der Waals surface area contributed by atoms with E-state index in [2.05, 4.69) is 10.9 Å². The van der Waals surface area contributed by atoms with E-state index < -0.39 is 5.91 Å². The van der Waals surface area contributed by atoms with Gasteiger partial charge in [-0.3, -0.25) is 30.1 Å². The third kappa shape index (κ3) is 7.19. The summed E-state index contributed by atoms with van der Waals surface area (Å²) in [5, 5.41) is 0. The van der Waals surface area contributed by atoms with Crippen molar-refractivity contribution in [3.05, 3.63) is 90.5 Å². The van der Waals surface area contributed by atoms with Crippen molar-refractivity contribution in [2.75, 3.05) is 25.2 Å². The summed E-state index contributed by atoms with van der Waals surface area (Å²) in [7, 11) is 1.56. The fourth-order valence-corrected chi connectivity index (χ4v) is 3.04. The fraction of sp³-hybridized carbons (Fsp3) is 0.160. The zero-order valence-electron chi connectivity index (χ0n) is 18.2. The molecule has 2 N–H and O–H groups in total. The van der Waals surface area contributed by atoms with Gasteiger partial charge < -0.3 is 9.47 Å². The number of para-hydroxylation sites is 2. The Kier molecular flexibility index (Phi) is 8.55. The maximum atomic E-state index is 12.8. The molecule has 0 heterocycles. The smallest absolute Gasteiger partial charge is 0.264 e. The Bertz CT molecular complexity index is 1020. The van der Waals surface area contributed by atoms with Crippen molar-refractivity contribution in [3.63, 3.8) is 0 Å². The molecule has 0 aliphatic carbocycles. The highest BCUT2D eigenvalue weighted by Gasteiger charge is 2.18. The average Bonchev–Trinajstić information content (AvgIpc) is 2.85. The minimum atomic E-state index is -0.572. The van der Waals surface area contributed by atoms with Crippen molar-refractivity contribution in [1.29, 1.82) is 0 Å². The third-order valence-corrected chi connectivity index (χ3v) is 4.60. The lowest BCUT2D eigenvalue weighted by Crippen LogP contribution is -2.44. The number of anilines is 2. The summed E-state index contributed by atoms with van der Waals surface area (Å²) in [6.07, 6.45) is 0.0900. The molecule has 0 aromatic heterocycles. The number of nitrogens with zero attached hydrogens (tertiary/aromatic N) is 1. The average molecular weight is 447 g/mol. The van der Waals surface area contributed by atoms with Crippen LogP contribution in [0.1, 0.15) is 5.56 Å². The molecule has 0 saturated carbocycles. The Morgan fingerprint density at radius 2 is 1.27 bits per heavy atom. The van der Waals surface area contributed by atoms with Gasteiger partial charge in [0.05, 0.1) is 13.5 Å². The molecule has 3 rings (SSSR count). The van der Waals surface area contributed by atoms with E-state index in [-0.39, 0.29) is 31.4 Å². The number of amides is 3. The summed E-state index contributed by atoms with van der Waals surface area (Å²) in [5.74, 6) is -0.596. The first kappa shape index (κ1) is 23.5. The number of methoxy groups -OCH3 is 1. The molecule has 3 aromatic rings. The van der Waals surface area contributed by atoms with Gasteiger partial charge in [-0.05, 0) is 42.0 Å². The molecule has 0 fully saturated rings. The van der Waals surface area contributed by atoms with Gasteiger partial charge >= 0.3 is 0 Å². The Morgan fingerprint density at radius 1 is 0.727 bits per heavy atom. The molecule has 0 aliphatic heterocycles. The molecule has 0 spiro atoms. The minimum absolute atomic E-state index is 0.0900. The Labute approximate surface area is 192 Å². The van der Waals surface area contributed by atoms with Crippen LogP contribution in [0.2, 0.25) is 0 Å². The molecule has 8 nitrogen and oxygen atoms in total. The summed E-state index contributed by atoms with van der Waals surface area (Å²) in [5.41, 5.74) is 6.75. The molecule has 0 bridgehead atoms. The van der Waals surface area contributed by atoms with E-state index in [9.17, 15) is 14.4 Å². The Balaban J connectivity index is 1.45. The molecule has 0 aliphatic rings. The third-order valence-electron chi connectivity index (χ3n) is 4.60. The van der Waals surface area contributed by atoms with Crippen LogP contribution in [-0.2, 0) is 25.5 Å². The standard InChI is InChI=1S/C25H25N3O5/c1-32-22-14-12-19(13-15-22)16-23(29)26-27-24(30)17-33-18-25(31)28(20-8-4-2-5-9-20)21-10-6-3-7-11-21/h2-15H,16-18H2,1H3,(H,26,29)(H,27,30). The van der Waals surface area contributed by atoms with E-state index in [1.54, 1.807) is 31.4 Å². The van der Waals surface area contributed by atoms with E-state index in [0.29, 0.717) is 17.1 Å². The highest BCUT2D eigenvalue weighted by Crippen LogP contribution is 2.25. The van der Waals surface area contributed by atoms with Crippen LogP contribution in [0.4, 0.5) is 11.4 Å². The van der Waals surface area contributed by atoms with Crippen LogP contribution in [0.3, 0.4) is 0 Å². The van der Waals surface area contributed by atoms with Crippen molar-refractivity contribution in [2.24, 2.45) is 0 Å². The van der Waals surface area contributed by atoms with Gasteiger partial charge in [-0.25, -0.2) is 0 Å². The largest absolute Gasteiger partial charge is 0.497 e. The van der Waals surface area contributed by atoms with Crippen LogP contribution in [0.15, 0.2) is 84.9 Å². The van der Waals surface area contributed by atoms with Crippen molar-refractivity contribution in [1.82, 2.24) is 10.9 Å². The molecule has 0 radical (unpaired) electrons. The maximum Gasteiger partial charge on any atom is 0.264 e. The summed E-state index contributed by atoms with van der Waals surface area (Å²) in [4.78, 5) is 38.3. The van der Waals surface area contributed by atoms with E-state index in [1.807, 2.05) is 60.7 Å². The van der Waals surface area contributed by atoms with Gasteiger partial charge in [0, 0.05) is 11.4 Å². The predicted octanol–water partition coefficient (Wildman–Crippen LogP) is 2.77. The highest BCUT2D eigenvalue weighted by atomic mass is 16.5. The number of carbonyl (C=O) groups excluding carboxylic acids is 3. The Morgan fingerprint density at radius 3 is 1.82 bits per heavy atom. The lowest BCUT2D eigenvalue weighted by Gasteiger charge is -2.23. The Hall–Kier alpha value is -4.17. The zero-order chi connectivity index (χ0) is 23.5. The van der Waals surface area contributed by atoms with Gasteiger partial charge in [-0.2, -0.15) is 0 Å². The van der Waals surface area contributed by atoms with Gasteiger partial charge in [0.2, 0.25) is 5.91 Å². The molecule has 8 heteroatoms. The van der Waals surface area contributed by atoms with Crippen molar-refractivity contribution in [3.8, 4) is 5.75 Å². The number of hydrogen-bond acceptors (Lipinski definition) is 5. The normalized spacial score (nSPS) is 10.2. The molecule has 0 atom stereocenters. The summed E-state index contributed by atoms with van der Waals surface area (Å²) in [6, 6.07) is 25.4. The quantitative estimate of drug-likeness (QED) is 0.492. The SMILES string of the molecule is COc1ccc(CC(=O)NNC(=O)COCC(=O)N(c2ccccc2)c2ccccc2)cc1. The van der Waals surface area contributed by atoms with E-state index >= 15 is 0 Å². The number of carbonyl (C=O) groups is 3. The van der Waals surface area contributed by atoms with Crippen molar-refractivity contribution < 1.29 is 23.9 Å². The second-order valence-corrected chi connectivity index (χ2v) is 7.01. The second-order valence-electron chi connectivity index (χ2n) is 7.01. The minimum Gasteiger partial charge on any atom is -0.497 e. The molecule has 0 unspecified atom stereocenters. The summed E-state index contributed by atoms with van der Waals surface area (Å²) in [6.45, 7) is -0.691. The number of nitrogens with one attached hydrogen (secondary N) is 2. The van der Waals surface area contributed by atoms with Gasteiger partial charge in [-0.1, -0.05) is 48.5 Å². The van der Waals surface area contributed by atoms with Gasteiger partial charge in [-0.15, -0.1) is 0 Å². The number of hydrazine groups is 1. The van der Waals surface area contributed by atoms with Gasteiger partial charge in [0.15, 0.2) is 0 Å². The first-order valence-electron chi connectivity index (χ1n) is 10.3. The summed E-state index contributed by atoms with van der Waals surface area (Å²) >= 11 is 0. The van der Waals surface area contributed by atoms with Gasteiger partial charge in [0.25, 0.3) is 11.8 Å². The molecular formula is C25H25N3O5. The molecule has 170 valence electrons. The van der Waals surface area contributed by atoms with Gasteiger partial charge in [0.1, 0.15) is 19.0 Å². The van der Waals surface area contributed by atoms with Crippen LogP contribution >= 0.6 is 0 Å². The number of hydrogen-bond donors (Lipinski definition) is 2. The van der Waals surface area contributed by atoms with Crippen molar-refractivity contribution in [2.45, 2.75) is 6.42 Å². The first-order valence-corrected chi connectivity index (χ1v) is 10.3. The number of ether oxygens (including phenoxy) is 2. The molecule has 33 heavy (non-hydrogen) atoms. The first-order chi connectivity index (χ1) is 16.1. The zero-order valence-corrected chi connectivity index (χ0v) is 18.2. The van der Waals surface area contributed by atoms with E-state index in [1.165, 1.54) is 4.90 Å². The fourth-order valence-electron chi connectivity index (χ4n) is 3.04. The van der Waals surface area contributed by atoms with Crippen LogP contribution in [0.5, 0.6) is 5.75 Å². The maximum absolute atomic E-state index is 12.8. The van der Waals surface area contributed by atoms with Crippen LogP contribution in [0.25, 0.3) is 0 Å². The lowest BCUT2D eigenvalue weighted by molar-refractivity contribution is -0.133. The van der Waals surface area contributed by atoms with Crippen LogP contribution < -0.4 is 20.5 Å². The number of rotatable bonds is 9. The van der Waals surface area contributed by atoms with E-state index in [0.717, 1.165) is 5.56 Å². The lowest BCUT2D eigenvalue weighted by atomic mass is 10.1. The van der Waals surface area contributed by atoms with Crippen molar-refractivity contribution >= 4 is 29.1 Å². The second kappa shape index (κ2) is 12.0. The molecular weight excluding hydrogens is 422 g/mol.